The maximum atomic E-state index is 12.8. The molecule has 6 heteroatoms. The summed E-state index contributed by atoms with van der Waals surface area (Å²) in [4.78, 5) is 18.3. The molecule has 2 aromatic carbocycles. The van der Waals surface area contributed by atoms with Crippen molar-refractivity contribution in [2.45, 2.75) is 25.6 Å². The first-order valence-electron chi connectivity index (χ1n) is 7.53. The highest BCUT2D eigenvalue weighted by Gasteiger charge is 2.49. The normalized spacial score (nSPS) is 24.2. The molecule has 2 atom stereocenters. The molecule has 0 saturated carbocycles. The van der Waals surface area contributed by atoms with Crippen molar-refractivity contribution >= 4 is 27.4 Å². The van der Waals surface area contributed by atoms with E-state index in [2.05, 4.69) is 21.1 Å². The average Bonchev–Trinajstić information content (AvgIpc) is 2.61. The Hall–Kier alpha value is -2.02. The topological polar surface area (TPSA) is 62.1 Å². The molecule has 0 fully saturated rings. The predicted octanol–water partition coefficient (Wildman–Crippen LogP) is 3.86. The molecule has 1 heterocycles. The van der Waals surface area contributed by atoms with E-state index in [-0.39, 0.29) is 5.78 Å². The first-order chi connectivity index (χ1) is 11.4. The molecule has 124 valence electrons. The van der Waals surface area contributed by atoms with Gasteiger partial charge in [0.1, 0.15) is 5.71 Å². The van der Waals surface area contributed by atoms with E-state index in [1.807, 2.05) is 30.3 Å². The van der Waals surface area contributed by atoms with Gasteiger partial charge >= 0.3 is 0 Å². The highest BCUT2D eigenvalue weighted by atomic mass is 79.9. The van der Waals surface area contributed by atoms with Crippen LogP contribution in [-0.2, 0) is 4.84 Å². The van der Waals surface area contributed by atoms with E-state index < -0.39 is 11.8 Å². The van der Waals surface area contributed by atoms with E-state index in [1.54, 1.807) is 31.2 Å². The van der Waals surface area contributed by atoms with Crippen molar-refractivity contribution in [3.8, 4) is 0 Å². The molecule has 0 spiro atoms. The molecule has 1 aliphatic rings. The molecule has 0 amide bonds. The van der Waals surface area contributed by atoms with Crippen LogP contribution in [0.4, 0.5) is 0 Å². The van der Waals surface area contributed by atoms with Crippen LogP contribution in [0.25, 0.3) is 0 Å². The van der Waals surface area contributed by atoms with Crippen LogP contribution < -0.4 is 0 Å². The molecular weight excluding hydrogens is 372 g/mol. The van der Waals surface area contributed by atoms with Crippen molar-refractivity contribution in [1.82, 2.24) is 5.06 Å². The van der Waals surface area contributed by atoms with Gasteiger partial charge in [-0.2, -0.15) is 0 Å². The lowest BCUT2D eigenvalue weighted by Gasteiger charge is -2.40. The Labute approximate surface area is 148 Å². The second kappa shape index (κ2) is 6.47. The van der Waals surface area contributed by atoms with Gasteiger partial charge in [0, 0.05) is 22.5 Å². The van der Waals surface area contributed by atoms with Crippen LogP contribution in [0.2, 0.25) is 0 Å². The number of rotatable bonds is 3. The quantitative estimate of drug-likeness (QED) is 0.810. The van der Waals surface area contributed by atoms with Crippen LogP contribution in [0.5, 0.6) is 0 Å². The second-order valence-corrected chi connectivity index (χ2v) is 6.69. The van der Waals surface area contributed by atoms with E-state index in [4.69, 9.17) is 4.84 Å². The van der Waals surface area contributed by atoms with Crippen molar-refractivity contribution in [1.29, 1.82) is 0 Å². The van der Waals surface area contributed by atoms with Gasteiger partial charge in [0.2, 0.25) is 5.78 Å². The molecule has 2 unspecified atom stereocenters. The number of hydrogen-bond donors (Lipinski definition) is 1. The van der Waals surface area contributed by atoms with Crippen LogP contribution in [0.3, 0.4) is 0 Å². The Morgan fingerprint density at radius 3 is 2.46 bits per heavy atom. The number of carbonyl (C=O) groups is 1. The zero-order valence-electron chi connectivity index (χ0n) is 13.3. The molecule has 2 aromatic rings. The number of halogens is 1. The lowest BCUT2D eigenvalue weighted by Crippen LogP contribution is -2.60. The lowest BCUT2D eigenvalue weighted by atomic mass is 9.97. The zero-order chi connectivity index (χ0) is 17.3. The third-order valence-electron chi connectivity index (χ3n) is 4.12. The maximum absolute atomic E-state index is 12.8. The Kier molecular flexibility index (Phi) is 4.54. The van der Waals surface area contributed by atoms with E-state index in [9.17, 15) is 10.0 Å². The second-order valence-electron chi connectivity index (χ2n) is 5.77. The molecule has 0 aromatic heterocycles. The van der Waals surface area contributed by atoms with Gasteiger partial charge in [0.15, 0.2) is 0 Å². The fourth-order valence-corrected chi connectivity index (χ4v) is 2.92. The van der Waals surface area contributed by atoms with Crippen molar-refractivity contribution in [2.24, 2.45) is 5.16 Å². The van der Waals surface area contributed by atoms with Crippen molar-refractivity contribution in [3.05, 3.63) is 70.2 Å². The summed E-state index contributed by atoms with van der Waals surface area (Å²) in [6.45, 7) is 3.29. The molecule has 5 nitrogen and oxygen atoms in total. The van der Waals surface area contributed by atoms with Crippen LogP contribution in [0.1, 0.15) is 29.8 Å². The molecular formula is C18H17BrN2O3. The van der Waals surface area contributed by atoms with E-state index in [0.717, 1.165) is 15.1 Å². The molecule has 1 N–H and O–H groups in total. The summed E-state index contributed by atoms with van der Waals surface area (Å²) in [6.07, 6.45) is 0. The number of oxime groups is 1. The molecule has 0 saturated heterocycles. The summed E-state index contributed by atoms with van der Waals surface area (Å²) in [5.74, 6) is -0.361. The number of hydrogen-bond acceptors (Lipinski definition) is 5. The standard InChI is InChI=1S/C18H17BrN2O3/c1-12-16(13-6-4-3-5-7-13)20-24-18(2,21(12)23)17(22)14-8-10-15(19)11-9-14/h3-12,23H,1-2H3. The Morgan fingerprint density at radius 2 is 1.83 bits per heavy atom. The first-order valence-corrected chi connectivity index (χ1v) is 8.33. The minimum absolute atomic E-state index is 0.361. The maximum Gasteiger partial charge on any atom is 0.272 e. The van der Waals surface area contributed by atoms with Crippen molar-refractivity contribution < 1.29 is 14.8 Å². The number of Topliss-reactive ketones (excluding diaryl/α,β-unsaturated/α-hetero) is 1. The predicted molar refractivity (Wildman–Crippen MR) is 94.0 cm³/mol. The van der Waals surface area contributed by atoms with Crippen LogP contribution in [-0.4, -0.2) is 33.5 Å². The summed E-state index contributed by atoms with van der Waals surface area (Å²) in [7, 11) is 0. The lowest BCUT2D eigenvalue weighted by molar-refractivity contribution is -0.266. The highest BCUT2D eigenvalue weighted by Crippen LogP contribution is 2.29. The Morgan fingerprint density at radius 1 is 1.21 bits per heavy atom. The summed E-state index contributed by atoms with van der Waals surface area (Å²) in [5, 5.41) is 15.7. The largest absolute Gasteiger partial charge is 0.362 e. The zero-order valence-corrected chi connectivity index (χ0v) is 14.9. The van der Waals surface area contributed by atoms with Gasteiger partial charge in [-0.05, 0) is 19.1 Å². The van der Waals surface area contributed by atoms with Crippen LogP contribution >= 0.6 is 15.9 Å². The Bertz CT molecular complexity index is 777. The molecule has 0 radical (unpaired) electrons. The van der Waals surface area contributed by atoms with Gasteiger partial charge in [-0.25, -0.2) is 0 Å². The summed E-state index contributed by atoms with van der Waals surface area (Å²) < 4.78 is 0.868. The summed E-state index contributed by atoms with van der Waals surface area (Å²) >= 11 is 3.33. The molecule has 1 aliphatic heterocycles. The van der Waals surface area contributed by atoms with E-state index in [0.29, 0.717) is 11.3 Å². The number of nitrogens with zero attached hydrogens (tertiary/aromatic N) is 2. The fraction of sp³-hybridized carbons (Fsp3) is 0.222. The molecule has 0 aliphatic carbocycles. The third kappa shape index (κ3) is 2.88. The number of benzene rings is 2. The van der Waals surface area contributed by atoms with Gasteiger partial charge in [-0.15, -0.1) is 5.06 Å². The minimum Gasteiger partial charge on any atom is -0.362 e. The van der Waals surface area contributed by atoms with Crippen LogP contribution in [0.15, 0.2) is 64.2 Å². The highest BCUT2D eigenvalue weighted by molar-refractivity contribution is 9.10. The average molecular weight is 389 g/mol. The van der Waals surface area contributed by atoms with Gasteiger partial charge in [0.25, 0.3) is 5.72 Å². The van der Waals surface area contributed by atoms with Crippen molar-refractivity contribution in [2.75, 3.05) is 0 Å². The third-order valence-corrected chi connectivity index (χ3v) is 4.65. The first kappa shape index (κ1) is 16.8. The minimum atomic E-state index is -1.58. The van der Waals surface area contributed by atoms with Gasteiger partial charge in [-0.3, -0.25) is 4.79 Å². The van der Waals surface area contributed by atoms with Gasteiger partial charge < -0.3 is 10.0 Å². The van der Waals surface area contributed by atoms with E-state index >= 15 is 0 Å². The van der Waals surface area contributed by atoms with Gasteiger partial charge in [-0.1, -0.05) is 63.6 Å². The SMILES string of the molecule is CC1C(c2ccccc2)=NOC(C)(C(=O)c2ccc(Br)cc2)N1O. The number of hydroxylamine groups is 2. The summed E-state index contributed by atoms with van der Waals surface area (Å²) in [5.41, 5.74) is 0.262. The van der Waals surface area contributed by atoms with E-state index in [1.165, 1.54) is 6.92 Å². The number of ketones is 1. The van der Waals surface area contributed by atoms with Crippen molar-refractivity contribution in [3.63, 3.8) is 0 Å². The molecule has 3 rings (SSSR count). The van der Waals surface area contributed by atoms with Gasteiger partial charge in [0.05, 0.1) is 6.04 Å². The monoisotopic (exact) mass is 388 g/mol. The smallest absolute Gasteiger partial charge is 0.272 e. The number of carbonyl (C=O) groups excluding carboxylic acids is 1. The van der Waals surface area contributed by atoms with Crippen LogP contribution in [0, 0.1) is 0 Å². The summed E-state index contributed by atoms with van der Waals surface area (Å²) in [6, 6.07) is 15.8. The fourth-order valence-electron chi connectivity index (χ4n) is 2.66. The Balaban J connectivity index is 1.93. The molecule has 0 bridgehead atoms. The molecule has 24 heavy (non-hydrogen) atoms.